The van der Waals surface area contributed by atoms with Crippen LogP contribution in [0.2, 0.25) is 0 Å². The Kier molecular flexibility index (Phi) is 5.11. The summed E-state index contributed by atoms with van der Waals surface area (Å²) in [6.07, 6.45) is 0.954. The maximum absolute atomic E-state index is 12.6. The molecule has 1 saturated heterocycles. The highest BCUT2D eigenvalue weighted by atomic mass is 16.5. The largest absolute Gasteiger partial charge is 0.497 e. The van der Waals surface area contributed by atoms with Gasteiger partial charge in [-0.1, -0.05) is 13.8 Å². The molecule has 1 aromatic rings. The van der Waals surface area contributed by atoms with E-state index in [1.165, 1.54) is 14.2 Å². The summed E-state index contributed by atoms with van der Waals surface area (Å²) in [7, 11) is 2.96. The number of Topliss-reactive ketones (excluding diaryl/α,β-unsaturated/α-hetero) is 1. The van der Waals surface area contributed by atoms with Crippen molar-refractivity contribution in [1.82, 2.24) is 10.2 Å². The molecule has 0 radical (unpaired) electrons. The Labute approximate surface area is 140 Å². The van der Waals surface area contributed by atoms with Gasteiger partial charge < -0.3 is 14.8 Å². The van der Waals surface area contributed by atoms with Crippen LogP contribution in [0.25, 0.3) is 0 Å². The van der Waals surface area contributed by atoms with Crippen molar-refractivity contribution >= 4 is 17.7 Å². The quantitative estimate of drug-likeness (QED) is 0.609. The minimum atomic E-state index is -0.915. The lowest BCUT2D eigenvalue weighted by molar-refractivity contribution is -0.131. The highest BCUT2D eigenvalue weighted by Crippen LogP contribution is 2.28. The monoisotopic (exact) mass is 334 g/mol. The van der Waals surface area contributed by atoms with Gasteiger partial charge in [-0.3, -0.25) is 14.5 Å². The van der Waals surface area contributed by atoms with Crippen LogP contribution in [0, 0.1) is 0 Å². The normalized spacial score (nSPS) is 16.1. The molecule has 0 aliphatic carbocycles. The van der Waals surface area contributed by atoms with Crippen LogP contribution in [0.3, 0.4) is 0 Å². The van der Waals surface area contributed by atoms with Crippen molar-refractivity contribution < 1.29 is 23.9 Å². The van der Waals surface area contributed by atoms with Crippen LogP contribution in [0.15, 0.2) is 18.2 Å². The molecule has 130 valence electrons. The molecule has 1 aliphatic rings. The molecule has 1 aromatic carbocycles. The second-order valence-corrected chi connectivity index (χ2v) is 5.60. The molecule has 7 heteroatoms. The number of nitrogens with one attached hydrogen (secondary N) is 1. The van der Waals surface area contributed by atoms with Gasteiger partial charge in [-0.2, -0.15) is 0 Å². The van der Waals surface area contributed by atoms with Crippen LogP contribution < -0.4 is 14.8 Å². The fourth-order valence-corrected chi connectivity index (χ4v) is 2.81. The van der Waals surface area contributed by atoms with Gasteiger partial charge >= 0.3 is 6.03 Å². The predicted molar refractivity (Wildman–Crippen MR) is 87.4 cm³/mol. The lowest BCUT2D eigenvalue weighted by atomic mass is 9.93. The summed E-state index contributed by atoms with van der Waals surface area (Å²) in [5.41, 5.74) is -0.620. The third-order valence-corrected chi connectivity index (χ3v) is 4.46. The van der Waals surface area contributed by atoms with Crippen molar-refractivity contribution in [3.8, 4) is 11.5 Å². The fourth-order valence-electron chi connectivity index (χ4n) is 2.81. The zero-order valence-corrected chi connectivity index (χ0v) is 14.3. The van der Waals surface area contributed by atoms with Gasteiger partial charge in [-0.05, 0) is 25.0 Å². The number of amides is 3. The molecule has 1 fully saturated rings. The molecule has 1 aliphatic heterocycles. The average Bonchev–Trinajstić information content (AvgIpc) is 2.85. The zero-order valence-electron chi connectivity index (χ0n) is 14.3. The Hall–Kier alpha value is -2.57. The number of hydrogen-bond acceptors (Lipinski definition) is 5. The SMILES string of the molecule is CCC1(CC)NC(=O)N(CC(=O)c2ccc(OC)cc2OC)C1=O. The number of benzene rings is 1. The van der Waals surface area contributed by atoms with Crippen LogP contribution in [0.1, 0.15) is 37.0 Å². The van der Waals surface area contributed by atoms with Crippen LogP contribution in [-0.4, -0.2) is 48.9 Å². The van der Waals surface area contributed by atoms with E-state index in [2.05, 4.69) is 5.32 Å². The van der Waals surface area contributed by atoms with E-state index in [0.29, 0.717) is 29.9 Å². The van der Waals surface area contributed by atoms with Gasteiger partial charge in [0.05, 0.1) is 26.3 Å². The van der Waals surface area contributed by atoms with Crippen LogP contribution in [0.5, 0.6) is 11.5 Å². The first kappa shape index (κ1) is 17.8. The number of rotatable bonds is 7. The lowest BCUT2D eigenvalue weighted by Crippen LogP contribution is -2.46. The van der Waals surface area contributed by atoms with E-state index in [9.17, 15) is 14.4 Å². The maximum atomic E-state index is 12.6. The number of ketones is 1. The molecule has 1 N–H and O–H groups in total. The Bertz CT molecular complexity index is 667. The Balaban J connectivity index is 2.24. The molecule has 24 heavy (non-hydrogen) atoms. The van der Waals surface area contributed by atoms with E-state index in [-0.39, 0.29) is 18.2 Å². The van der Waals surface area contributed by atoms with Gasteiger partial charge in [0.25, 0.3) is 5.91 Å². The first-order valence-corrected chi connectivity index (χ1v) is 7.81. The molecule has 0 aromatic heterocycles. The summed E-state index contributed by atoms with van der Waals surface area (Å²) >= 11 is 0. The van der Waals surface area contributed by atoms with Crippen molar-refractivity contribution in [2.24, 2.45) is 0 Å². The molecule has 7 nitrogen and oxygen atoms in total. The first-order chi connectivity index (χ1) is 11.4. The number of hydrogen-bond donors (Lipinski definition) is 1. The summed E-state index contributed by atoms with van der Waals surface area (Å²) in [4.78, 5) is 38.2. The molecule has 2 rings (SSSR count). The first-order valence-electron chi connectivity index (χ1n) is 7.81. The molecule has 0 saturated carbocycles. The number of nitrogens with zero attached hydrogens (tertiary/aromatic N) is 1. The van der Waals surface area contributed by atoms with Crippen LogP contribution in [-0.2, 0) is 4.79 Å². The van der Waals surface area contributed by atoms with E-state index in [1.54, 1.807) is 18.2 Å². The summed E-state index contributed by atoms with van der Waals surface area (Å²) in [6, 6.07) is 4.24. The van der Waals surface area contributed by atoms with Gasteiger partial charge in [-0.25, -0.2) is 4.79 Å². The van der Waals surface area contributed by atoms with Crippen molar-refractivity contribution in [3.63, 3.8) is 0 Å². The number of methoxy groups -OCH3 is 2. The minimum Gasteiger partial charge on any atom is -0.497 e. The van der Waals surface area contributed by atoms with E-state index in [1.807, 2.05) is 13.8 Å². The second-order valence-electron chi connectivity index (χ2n) is 5.60. The third kappa shape index (κ3) is 2.93. The van der Waals surface area contributed by atoms with E-state index in [4.69, 9.17) is 9.47 Å². The number of ether oxygens (including phenoxy) is 2. The third-order valence-electron chi connectivity index (χ3n) is 4.46. The van der Waals surface area contributed by atoms with Gasteiger partial charge in [0, 0.05) is 6.07 Å². The summed E-state index contributed by atoms with van der Waals surface area (Å²) in [6.45, 7) is 3.34. The van der Waals surface area contributed by atoms with Crippen LogP contribution >= 0.6 is 0 Å². The van der Waals surface area contributed by atoms with Crippen molar-refractivity contribution in [3.05, 3.63) is 23.8 Å². The number of carbonyl (C=O) groups excluding carboxylic acids is 3. The molecule has 0 spiro atoms. The summed E-state index contributed by atoms with van der Waals surface area (Å²) in [5.74, 6) is 0.150. The Morgan fingerprint density at radius 2 is 1.83 bits per heavy atom. The molecule has 0 bridgehead atoms. The fraction of sp³-hybridized carbons (Fsp3) is 0.471. The molecule has 0 atom stereocenters. The van der Waals surface area contributed by atoms with Gasteiger partial charge in [0.2, 0.25) is 0 Å². The van der Waals surface area contributed by atoms with Crippen molar-refractivity contribution in [2.75, 3.05) is 20.8 Å². The molecule has 1 heterocycles. The average molecular weight is 334 g/mol. The number of urea groups is 1. The number of imide groups is 1. The highest BCUT2D eigenvalue weighted by molar-refractivity contribution is 6.11. The van der Waals surface area contributed by atoms with E-state index < -0.39 is 11.6 Å². The molecular weight excluding hydrogens is 312 g/mol. The van der Waals surface area contributed by atoms with Gasteiger partial charge in [0.1, 0.15) is 17.0 Å². The maximum Gasteiger partial charge on any atom is 0.325 e. The van der Waals surface area contributed by atoms with E-state index in [0.717, 1.165) is 4.90 Å². The lowest BCUT2D eigenvalue weighted by Gasteiger charge is -2.23. The van der Waals surface area contributed by atoms with Gasteiger partial charge in [-0.15, -0.1) is 0 Å². The van der Waals surface area contributed by atoms with Gasteiger partial charge in [0.15, 0.2) is 5.78 Å². The standard InChI is InChI=1S/C17H22N2O5/c1-5-17(6-2)15(21)19(16(22)18-17)10-13(20)12-8-7-11(23-3)9-14(12)24-4/h7-9H,5-6,10H2,1-4H3,(H,18,22). The molecule has 0 unspecified atom stereocenters. The minimum absolute atomic E-state index is 0.296. The van der Waals surface area contributed by atoms with Crippen molar-refractivity contribution in [2.45, 2.75) is 32.2 Å². The topological polar surface area (TPSA) is 84.9 Å². The van der Waals surface area contributed by atoms with E-state index >= 15 is 0 Å². The smallest absolute Gasteiger partial charge is 0.325 e. The zero-order chi connectivity index (χ0) is 17.9. The highest BCUT2D eigenvalue weighted by Gasteiger charge is 2.49. The summed E-state index contributed by atoms with van der Waals surface area (Å²) in [5, 5.41) is 2.70. The Morgan fingerprint density at radius 3 is 2.33 bits per heavy atom. The predicted octanol–water partition coefficient (Wildman–Crippen LogP) is 2.00. The molecular formula is C17H22N2O5. The molecule has 3 amide bonds. The summed E-state index contributed by atoms with van der Waals surface area (Å²) < 4.78 is 10.3. The second kappa shape index (κ2) is 6.90. The number of carbonyl (C=O) groups is 3. The van der Waals surface area contributed by atoms with Crippen LogP contribution in [0.4, 0.5) is 4.79 Å². The van der Waals surface area contributed by atoms with Crippen molar-refractivity contribution in [1.29, 1.82) is 0 Å². The Morgan fingerprint density at radius 1 is 1.17 bits per heavy atom.